The average molecular weight is 179 g/mol. The van der Waals surface area contributed by atoms with Crippen LogP contribution < -0.4 is 14.8 Å². The molecule has 1 aliphatic rings. The number of benzene rings is 1. The highest BCUT2D eigenvalue weighted by atomic mass is 16.7. The summed E-state index contributed by atoms with van der Waals surface area (Å²) in [5.74, 6) is 1.50. The SMILES string of the molecule is O=CNCc1ccc2c(c1)OCO2. The summed E-state index contributed by atoms with van der Waals surface area (Å²) in [6.07, 6.45) is 0.671. The monoisotopic (exact) mass is 179 g/mol. The minimum Gasteiger partial charge on any atom is -0.454 e. The molecule has 0 spiro atoms. The third-order valence-corrected chi connectivity index (χ3v) is 1.83. The van der Waals surface area contributed by atoms with Crippen molar-refractivity contribution >= 4 is 6.41 Å². The number of hydrogen-bond acceptors (Lipinski definition) is 3. The summed E-state index contributed by atoms with van der Waals surface area (Å²) < 4.78 is 10.3. The quantitative estimate of drug-likeness (QED) is 0.693. The fourth-order valence-electron chi connectivity index (χ4n) is 1.21. The zero-order chi connectivity index (χ0) is 9.10. The van der Waals surface area contributed by atoms with Gasteiger partial charge >= 0.3 is 0 Å². The van der Waals surface area contributed by atoms with Gasteiger partial charge in [0.2, 0.25) is 13.2 Å². The summed E-state index contributed by atoms with van der Waals surface area (Å²) in [6.45, 7) is 0.792. The lowest BCUT2D eigenvalue weighted by Gasteiger charge is -2.00. The van der Waals surface area contributed by atoms with E-state index in [2.05, 4.69) is 5.32 Å². The number of rotatable bonds is 3. The van der Waals surface area contributed by atoms with Crippen LogP contribution >= 0.6 is 0 Å². The molecule has 1 amide bonds. The molecule has 0 atom stereocenters. The maximum Gasteiger partial charge on any atom is 0.231 e. The Kier molecular flexibility index (Phi) is 2.04. The van der Waals surface area contributed by atoms with E-state index in [0.29, 0.717) is 13.0 Å². The highest BCUT2D eigenvalue weighted by Crippen LogP contribution is 2.32. The molecule has 4 nitrogen and oxygen atoms in total. The second-order valence-electron chi connectivity index (χ2n) is 2.69. The fraction of sp³-hybridized carbons (Fsp3) is 0.222. The van der Waals surface area contributed by atoms with E-state index in [1.54, 1.807) is 0 Å². The lowest BCUT2D eigenvalue weighted by molar-refractivity contribution is -0.109. The molecule has 1 heterocycles. The molecule has 1 aromatic carbocycles. The van der Waals surface area contributed by atoms with Gasteiger partial charge in [0.05, 0.1) is 0 Å². The Morgan fingerprint density at radius 3 is 3.08 bits per heavy atom. The van der Waals surface area contributed by atoms with Crippen molar-refractivity contribution in [3.8, 4) is 11.5 Å². The van der Waals surface area contributed by atoms with Crippen molar-refractivity contribution in [1.29, 1.82) is 0 Å². The zero-order valence-corrected chi connectivity index (χ0v) is 6.95. The van der Waals surface area contributed by atoms with E-state index in [4.69, 9.17) is 9.47 Å². The van der Waals surface area contributed by atoms with Crippen LogP contribution in [0.2, 0.25) is 0 Å². The van der Waals surface area contributed by atoms with Gasteiger partial charge in [-0.05, 0) is 17.7 Å². The van der Waals surface area contributed by atoms with Gasteiger partial charge in [0.1, 0.15) is 0 Å². The first-order chi connectivity index (χ1) is 6.40. The van der Waals surface area contributed by atoms with Gasteiger partial charge in [-0.3, -0.25) is 4.79 Å². The van der Waals surface area contributed by atoms with Crippen molar-refractivity contribution in [3.63, 3.8) is 0 Å². The predicted octanol–water partition coefficient (Wildman–Crippen LogP) is 0.661. The van der Waals surface area contributed by atoms with Crippen molar-refractivity contribution in [2.75, 3.05) is 6.79 Å². The van der Waals surface area contributed by atoms with E-state index in [-0.39, 0.29) is 6.79 Å². The van der Waals surface area contributed by atoms with Gasteiger partial charge in [0, 0.05) is 6.54 Å². The molecule has 68 valence electrons. The standard InChI is InChI=1S/C9H9NO3/c11-5-10-4-7-1-2-8-9(3-7)13-6-12-8/h1-3,5H,4,6H2,(H,10,11). The number of nitrogens with one attached hydrogen (secondary N) is 1. The van der Waals surface area contributed by atoms with Gasteiger partial charge in [-0.15, -0.1) is 0 Å². The molecule has 0 aliphatic carbocycles. The molecule has 0 saturated carbocycles. The lowest BCUT2D eigenvalue weighted by Crippen LogP contribution is -2.09. The van der Waals surface area contributed by atoms with E-state index in [1.807, 2.05) is 18.2 Å². The molecule has 1 aliphatic heterocycles. The van der Waals surface area contributed by atoms with Crippen LogP contribution in [0.25, 0.3) is 0 Å². The molecule has 0 radical (unpaired) electrons. The maximum atomic E-state index is 10.0. The Morgan fingerprint density at radius 1 is 1.38 bits per heavy atom. The van der Waals surface area contributed by atoms with Crippen molar-refractivity contribution in [3.05, 3.63) is 23.8 Å². The second kappa shape index (κ2) is 3.35. The predicted molar refractivity (Wildman–Crippen MR) is 45.5 cm³/mol. The summed E-state index contributed by atoms with van der Waals surface area (Å²) in [6, 6.07) is 5.59. The van der Waals surface area contributed by atoms with Crippen LogP contribution in [-0.4, -0.2) is 13.2 Å². The first-order valence-electron chi connectivity index (χ1n) is 3.96. The Hall–Kier alpha value is -1.71. The number of hydrogen-bond donors (Lipinski definition) is 1. The van der Waals surface area contributed by atoms with Crippen LogP contribution in [0.15, 0.2) is 18.2 Å². The highest BCUT2D eigenvalue weighted by Gasteiger charge is 2.12. The second-order valence-corrected chi connectivity index (χ2v) is 2.69. The molecular weight excluding hydrogens is 170 g/mol. The summed E-state index contributed by atoms with van der Waals surface area (Å²) in [5.41, 5.74) is 0.997. The number of fused-ring (bicyclic) bond motifs is 1. The van der Waals surface area contributed by atoms with Gasteiger partial charge in [-0.1, -0.05) is 6.07 Å². The number of carbonyl (C=O) groups is 1. The lowest BCUT2D eigenvalue weighted by atomic mass is 10.2. The summed E-state index contributed by atoms with van der Waals surface area (Å²) in [5, 5.41) is 2.58. The van der Waals surface area contributed by atoms with Gasteiger partial charge < -0.3 is 14.8 Å². The first-order valence-corrected chi connectivity index (χ1v) is 3.96. The van der Waals surface area contributed by atoms with Crippen molar-refractivity contribution < 1.29 is 14.3 Å². The van der Waals surface area contributed by atoms with Crippen LogP contribution in [0.5, 0.6) is 11.5 Å². The van der Waals surface area contributed by atoms with E-state index in [1.165, 1.54) is 0 Å². The largest absolute Gasteiger partial charge is 0.454 e. The third kappa shape index (κ3) is 1.56. The molecule has 0 aromatic heterocycles. The first kappa shape index (κ1) is 7.91. The van der Waals surface area contributed by atoms with Gasteiger partial charge in [0.15, 0.2) is 11.5 Å². The van der Waals surface area contributed by atoms with Gasteiger partial charge in [-0.2, -0.15) is 0 Å². The number of carbonyl (C=O) groups excluding carboxylic acids is 1. The molecule has 0 unspecified atom stereocenters. The summed E-state index contributed by atoms with van der Waals surface area (Å²) >= 11 is 0. The third-order valence-electron chi connectivity index (χ3n) is 1.83. The molecular formula is C9H9NO3. The highest BCUT2D eigenvalue weighted by molar-refractivity contribution is 5.48. The van der Waals surface area contributed by atoms with Gasteiger partial charge in [-0.25, -0.2) is 0 Å². The van der Waals surface area contributed by atoms with E-state index < -0.39 is 0 Å². The van der Waals surface area contributed by atoms with E-state index >= 15 is 0 Å². The summed E-state index contributed by atoms with van der Waals surface area (Å²) in [7, 11) is 0. The topological polar surface area (TPSA) is 47.6 Å². The molecule has 2 rings (SSSR count). The van der Waals surface area contributed by atoms with E-state index in [0.717, 1.165) is 17.1 Å². The fourth-order valence-corrected chi connectivity index (χ4v) is 1.21. The van der Waals surface area contributed by atoms with Crippen LogP contribution in [0, 0.1) is 0 Å². The smallest absolute Gasteiger partial charge is 0.231 e. The van der Waals surface area contributed by atoms with Gasteiger partial charge in [0.25, 0.3) is 0 Å². The molecule has 0 saturated heterocycles. The van der Waals surface area contributed by atoms with Crippen molar-refractivity contribution in [1.82, 2.24) is 5.32 Å². The molecule has 0 fully saturated rings. The average Bonchev–Trinajstić information content (AvgIpc) is 2.61. The Labute approximate surface area is 75.5 Å². The summed E-state index contributed by atoms with van der Waals surface area (Å²) in [4.78, 5) is 10.0. The Balaban J connectivity index is 2.16. The van der Waals surface area contributed by atoms with E-state index in [9.17, 15) is 4.79 Å². The van der Waals surface area contributed by atoms with Crippen molar-refractivity contribution in [2.24, 2.45) is 0 Å². The normalized spacial score (nSPS) is 12.6. The molecule has 0 bridgehead atoms. The molecule has 4 heteroatoms. The zero-order valence-electron chi connectivity index (χ0n) is 6.95. The Morgan fingerprint density at radius 2 is 2.23 bits per heavy atom. The van der Waals surface area contributed by atoms with Crippen molar-refractivity contribution in [2.45, 2.75) is 6.54 Å². The minimum absolute atomic E-state index is 0.278. The van der Waals surface area contributed by atoms with Crippen LogP contribution in [-0.2, 0) is 11.3 Å². The number of ether oxygens (including phenoxy) is 2. The molecule has 13 heavy (non-hydrogen) atoms. The van der Waals surface area contributed by atoms with Crippen LogP contribution in [0.3, 0.4) is 0 Å². The molecule has 1 N–H and O–H groups in total. The number of amides is 1. The maximum absolute atomic E-state index is 10.0. The van der Waals surface area contributed by atoms with Crippen LogP contribution in [0.1, 0.15) is 5.56 Å². The Bertz CT molecular complexity index is 325. The minimum atomic E-state index is 0.278. The van der Waals surface area contributed by atoms with Crippen LogP contribution in [0.4, 0.5) is 0 Å². The molecule has 1 aromatic rings.